The molecule has 0 unspecified atom stereocenters. The molecule has 0 bridgehead atoms. The Morgan fingerprint density at radius 1 is 0.583 bits per heavy atom. The van der Waals surface area contributed by atoms with E-state index >= 15 is 0 Å². The number of aliphatic carboxylic acids is 1. The summed E-state index contributed by atoms with van der Waals surface area (Å²) in [4.78, 5) is 93.9. The SMILES string of the molecule is COC(=O)[C@@H](N)Cc1cccc(S(N)(=O)=O)c1.NS(=O)(=O)c1cccc(C=O)c1.NS(=O)(=O)c1cccc(CO)c1.NS(=O)(=O)c1cccc(C[C@H](NC(=O)c2c(Cl)cc3c(c2Cl)CCN(C(=O)c2ccc4ccoc4c2)C3)C(=O)O)c1.NS(=O)(=O)c1ccccc1.O=C=O.O=C=O.O=S(=O)(Cl)c1ccccc1. The maximum absolute atomic E-state index is 13.2. The second kappa shape index (κ2) is 42.4. The van der Waals surface area contributed by atoms with Crippen LogP contribution in [0.1, 0.15) is 58.9 Å². The number of aliphatic hydroxyl groups excluding tert-OH is 1. The van der Waals surface area contributed by atoms with Crippen LogP contribution in [0.5, 0.6) is 0 Å². The van der Waals surface area contributed by atoms with E-state index in [2.05, 4.69) is 10.1 Å². The third kappa shape index (κ3) is 30.6. The predicted molar refractivity (Wildman–Crippen MR) is 387 cm³/mol. The minimum atomic E-state index is -4.00. The summed E-state index contributed by atoms with van der Waals surface area (Å²) in [6.45, 7) is 0.357. The summed E-state index contributed by atoms with van der Waals surface area (Å²) in [5.74, 6) is -2.89. The van der Waals surface area contributed by atoms with Crippen LogP contribution in [0.3, 0.4) is 0 Å². The number of ether oxygens (including phenoxy) is 1. The summed E-state index contributed by atoms with van der Waals surface area (Å²) in [7, 11) is -15.8. The first-order valence-electron chi connectivity index (χ1n) is 29.6. The fourth-order valence-electron chi connectivity index (χ4n) is 8.94. The fourth-order valence-corrected chi connectivity index (χ4v) is 13.3. The van der Waals surface area contributed by atoms with Gasteiger partial charge in [0.15, 0.2) is 0 Å². The Labute approximate surface area is 633 Å². The number of hydrogen-bond donors (Lipinski definition) is 9. The molecule has 0 saturated heterocycles. The van der Waals surface area contributed by atoms with Gasteiger partial charge in [-0.05, 0) is 138 Å². The van der Waals surface area contributed by atoms with Crippen LogP contribution in [0, 0.1) is 0 Å². The summed E-state index contributed by atoms with van der Waals surface area (Å²) in [6.07, 6.45) is 2.94. The molecule has 108 heavy (non-hydrogen) atoms. The third-order valence-corrected chi connectivity index (χ3v) is 20.6. The third-order valence-electron chi connectivity index (χ3n) is 13.9. The lowest BCUT2D eigenvalue weighted by Gasteiger charge is -2.30. The minimum absolute atomic E-state index is 0.00193. The van der Waals surface area contributed by atoms with Gasteiger partial charge in [0.05, 0.1) is 65.0 Å². The molecule has 2 atom stereocenters. The van der Waals surface area contributed by atoms with Crippen molar-refractivity contribution in [3.05, 3.63) is 249 Å². The Hall–Kier alpha value is -10.1. The van der Waals surface area contributed by atoms with Gasteiger partial charge in [-0.15, -0.1) is 0 Å². The van der Waals surface area contributed by atoms with Crippen molar-refractivity contribution in [2.24, 2.45) is 31.4 Å². The molecule has 9 aromatic rings. The topological polar surface area (TPSA) is 593 Å². The Kier molecular flexibility index (Phi) is 36.2. The quantitative estimate of drug-likeness (QED) is 0.0351. The van der Waals surface area contributed by atoms with E-state index in [1.54, 1.807) is 84.0 Å². The summed E-state index contributed by atoms with van der Waals surface area (Å²) >= 11 is 13.1. The van der Waals surface area contributed by atoms with Crippen LogP contribution in [0.25, 0.3) is 11.0 Å². The lowest BCUT2D eigenvalue weighted by molar-refractivity contribution is -0.193. The summed E-state index contributed by atoms with van der Waals surface area (Å²) < 4.78 is 141. The molecule has 0 radical (unpaired) electrons. The number of hydrogen-bond acceptors (Lipinski definition) is 25. The highest BCUT2D eigenvalue weighted by Crippen LogP contribution is 2.35. The van der Waals surface area contributed by atoms with Crippen molar-refractivity contribution < 1.29 is 113 Å². The van der Waals surface area contributed by atoms with E-state index in [9.17, 15) is 79.6 Å². The number of methoxy groups -OCH3 is 1. The number of primary sulfonamides is 5. The molecule has 33 nitrogen and oxygen atoms in total. The van der Waals surface area contributed by atoms with Crippen molar-refractivity contribution in [3.8, 4) is 0 Å². The van der Waals surface area contributed by atoms with Crippen LogP contribution in [-0.4, -0.2) is 134 Å². The van der Waals surface area contributed by atoms with Crippen LogP contribution in [0.2, 0.25) is 10.0 Å². The highest BCUT2D eigenvalue weighted by atomic mass is 35.7. The fraction of sp³-hybridized carbons (Fsp3) is 0.136. The number of halogens is 3. The average molecular weight is 1670 g/mol. The largest absolute Gasteiger partial charge is 0.480 e. The van der Waals surface area contributed by atoms with Crippen molar-refractivity contribution >= 4 is 146 Å². The first-order chi connectivity index (χ1) is 50.4. The van der Waals surface area contributed by atoms with Gasteiger partial charge in [-0.2, -0.15) is 19.2 Å². The number of amides is 2. The number of carboxylic acids is 1. The molecule has 1 aliphatic rings. The molecule has 0 fully saturated rings. The van der Waals surface area contributed by atoms with E-state index in [0.29, 0.717) is 63.8 Å². The molecule has 8 aromatic carbocycles. The van der Waals surface area contributed by atoms with Crippen LogP contribution >= 0.6 is 33.9 Å². The van der Waals surface area contributed by atoms with Gasteiger partial charge >= 0.3 is 24.2 Å². The number of nitrogens with one attached hydrogen (secondary N) is 1. The smallest absolute Gasteiger partial charge is 0.373 e. The highest BCUT2D eigenvalue weighted by molar-refractivity contribution is 8.13. The van der Waals surface area contributed by atoms with Gasteiger partial charge in [0.2, 0.25) is 50.1 Å². The molecule has 2 amide bonds. The normalized spacial score (nSPS) is 12.1. The lowest BCUT2D eigenvalue weighted by Crippen LogP contribution is -2.42. The van der Waals surface area contributed by atoms with Crippen molar-refractivity contribution in [1.29, 1.82) is 0 Å². The molecule has 0 spiro atoms. The second-order valence-corrected chi connectivity index (χ2v) is 32.6. The zero-order valence-corrected chi connectivity index (χ0v) is 62.9. The molecular weight excluding hydrogens is 1600 g/mol. The van der Waals surface area contributed by atoms with Crippen molar-refractivity contribution in [1.82, 2.24) is 10.2 Å². The van der Waals surface area contributed by atoms with Crippen LogP contribution in [-0.2, 0) is 125 Å². The Morgan fingerprint density at radius 3 is 1.44 bits per heavy atom. The van der Waals surface area contributed by atoms with Crippen molar-refractivity contribution in [3.63, 3.8) is 0 Å². The zero-order valence-electron chi connectivity index (χ0n) is 55.7. The molecule has 2 heterocycles. The number of aliphatic hydroxyl groups is 1. The highest BCUT2D eigenvalue weighted by Gasteiger charge is 2.30. The van der Waals surface area contributed by atoms with Gasteiger partial charge in [-0.25, -0.2) is 81.0 Å². The van der Waals surface area contributed by atoms with Gasteiger partial charge in [0, 0.05) is 46.7 Å². The van der Waals surface area contributed by atoms with Crippen molar-refractivity contribution in [2.45, 2.75) is 73.9 Å². The van der Waals surface area contributed by atoms with Gasteiger partial charge in [0.1, 0.15) is 24.0 Å². The van der Waals surface area contributed by atoms with E-state index < -0.39 is 89.1 Å². The molecule has 576 valence electrons. The number of furan rings is 1. The van der Waals surface area contributed by atoms with E-state index in [1.807, 2.05) is 12.1 Å². The zero-order chi connectivity index (χ0) is 81.5. The van der Waals surface area contributed by atoms with Gasteiger partial charge in [-0.3, -0.25) is 19.2 Å². The number of carbonyl (C=O) groups excluding carboxylic acids is 8. The number of aldehydes is 1. The number of rotatable bonds is 17. The van der Waals surface area contributed by atoms with Crippen LogP contribution < -0.4 is 36.7 Å². The molecule has 1 aromatic heterocycles. The lowest BCUT2D eigenvalue weighted by atomic mass is 9.95. The number of sulfonamides is 5. The Morgan fingerprint density at radius 2 is 1.02 bits per heavy atom. The molecule has 0 saturated carbocycles. The molecule has 0 aliphatic carbocycles. The Balaban J connectivity index is 0.000000371. The molecular formula is C66H65Cl3N8O25S6. The standard InChI is InChI=1S/C28H23Cl2N3O7S.C10H14N2O4S.C7H9NO3S.C7H7NO3S.C6H5ClO2S.C6H7NO2S.2CO2/c29-21-12-18-14-33(27(35)17-5-4-16-7-9-40-23(16)13-17)8-6-20(18)25(30)24(21)26(34)32-22(28(36)37)11-15-2-1-3-19(10-15)41(31,38)39;1-16-10(13)9(11)6-7-3-2-4-8(5-7)17(12,14)15;2*8-12(10,11)7-3-1-2-6(4-7)5-9;2*7-10(8,9)6-4-2-1-3-5-6;2*2-1-3/h1-5,7,9-10,12-13,22H,6,8,11,14H2,(H,32,34)(H,36,37)(H2,31,38,39);2-5,9H,6,11H2,1H3,(H2,12,14,15);1-4,9H,5H2,(H2,8,10,11);1-5H,(H2,8,10,11);1-5H;1-5H,(H2,7,8,9);;/t22-;9-;;;;;;/m00....../s1. The summed E-state index contributed by atoms with van der Waals surface area (Å²) in [5.41, 5.74) is 9.63. The number of nitrogens with two attached hydrogens (primary N) is 6. The van der Waals surface area contributed by atoms with Crippen LogP contribution in [0.4, 0.5) is 0 Å². The van der Waals surface area contributed by atoms with E-state index in [4.69, 9.17) is 94.0 Å². The average Bonchev–Trinajstić information content (AvgIpc) is 0.821. The van der Waals surface area contributed by atoms with E-state index in [-0.39, 0.29) is 89.2 Å². The van der Waals surface area contributed by atoms with Crippen molar-refractivity contribution in [2.75, 3.05) is 13.7 Å². The summed E-state index contributed by atoms with van der Waals surface area (Å²) in [6, 6.07) is 44.9. The molecule has 42 heteroatoms. The first-order valence-corrected chi connectivity index (χ1v) is 40.4. The number of nitrogens with zero attached hydrogens (tertiary/aromatic N) is 1. The molecule has 1 aliphatic heterocycles. The van der Waals surface area contributed by atoms with E-state index in [1.165, 1.54) is 110 Å². The van der Waals surface area contributed by atoms with Gasteiger partial charge < -0.3 is 35.3 Å². The summed E-state index contributed by atoms with van der Waals surface area (Å²) in [5, 5.41) is 46.5. The van der Waals surface area contributed by atoms with Gasteiger partial charge in [-0.1, -0.05) is 114 Å². The number of benzene rings is 8. The predicted octanol–water partition coefficient (Wildman–Crippen LogP) is 4.14. The molecule has 10 rings (SSSR count). The number of carboxylic acid groups (broad SMARTS) is 1. The van der Waals surface area contributed by atoms with Crippen LogP contribution in [0.15, 0.2) is 228 Å². The minimum Gasteiger partial charge on any atom is -0.480 e. The number of esters is 1. The monoisotopic (exact) mass is 1670 g/mol. The second-order valence-electron chi connectivity index (χ2n) is 21.5. The number of carbonyl (C=O) groups is 5. The number of fused-ring (bicyclic) bond motifs is 2. The Bertz CT molecular complexity index is 5390. The molecule has 15 N–H and O–H groups in total. The first kappa shape index (κ1) is 92.1. The van der Waals surface area contributed by atoms with Gasteiger partial charge in [0.25, 0.3) is 20.9 Å². The maximum atomic E-state index is 13.2. The maximum Gasteiger partial charge on any atom is 0.373 e. The van der Waals surface area contributed by atoms with E-state index in [0.717, 1.165) is 5.39 Å².